The van der Waals surface area contributed by atoms with Gasteiger partial charge < -0.3 is 35.0 Å². The standard InChI is InChI=1S/C35H44FN5O6/c1-23-20-41(24(2)22-42)34(44)30-19-29(38-33(43)26-14-16-37-17-15-26)12-13-31(30)47-25(3)7-5-6-18-46-32(23)21-40(4)35(45)39-28-10-8-27(36)9-11-28/h8-17,19,23-25,32,42H,5-7,18,20-22H2,1-4H3,(H,38,43)(H,39,45)/t23-,24+,25-,32-/m1/s1. The van der Waals surface area contributed by atoms with E-state index in [4.69, 9.17) is 9.47 Å². The molecule has 0 spiro atoms. The molecule has 0 radical (unpaired) electrons. The predicted octanol–water partition coefficient (Wildman–Crippen LogP) is 5.43. The normalized spacial score (nSPS) is 19.8. The highest BCUT2D eigenvalue weighted by Gasteiger charge is 2.31. The number of hydrogen-bond acceptors (Lipinski definition) is 7. The van der Waals surface area contributed by atoms with Crippen molar-refractivity contribution in [3.63, 3.8) is 0 Å². The van der Waals surface area contributed by atoms with Crippen LogP contribution >= 0.6 is 0 Å². The zero-order valence-corrected chi connectivity index (χ0v) is 27.3. The molecule has 3 N–H and O–H groups in total. The Kier molecular flexibility index (Phi) is 12.7. The van der Waals surface area contributed by atoms with Gasteiger partial charge in [-0.1, -0.05) is 6.92 Å². The van der Waals surface area contributed by atoms with Crippen molar-refractivity contribution in [3.05, 3.63) is 83.9 Å². The van der Waals surface area contributed by atoms with Gasteiger partial charge in [0, 0.05) is 62.0 Å². The summed E-state index contributed by atoms with van der Waals surface area (Å²) in [5.41, 5.74) is 1.55. The third-order valence-electron chi connectivity index (χ3n) is 8.15. The largest absolute Gasteiger partial charge is 0.490 e. The van der Waals surface area contributed by atoms with Crippen molar-refractivity contribution in [2.75, 3.05) is 44.0 Å². The van der Waals surface area contributed by atoms with Crippen LogP contribution in [0.4, 0.5) is 20.6 Å². The molecule has 4 rings (SSSR count). The van der Waals surface area contributed by atoms with Crippen LogP contribution in [0, 0.1) is 11.7 Å². The number of anilines is 2. The number of fused-ring (bicyclic) bond motifs is 1. The summed E-state index contributed by atoms with van der Waals surface area (Å²) in [5, 5.41) is 15.8. The van der Waals surface area contributed by atoms with Crippen LogP contribution in [0.1, 0.15) is 60.7 Å². The van der Waals surface area contributed by atoms with E-state index in [0.717, 1.165) is 12.8 Å². The molecular weight excluding hydrogens is 605 g/mol. The molecule has 4 amide bonds. The minimum absolute atomic E-state index is 0.207. The molecule has 47 heavy (non-hydrogen) atoms. The SMILES string of the molecule is C[C@@H]1CCCCO[C@H](CN(C)C(=O)Nc2ccc(F)cc2)[C@H](C)CN([C@@H](C)CO)C(=O)c2cc(NC(=O)c3ccncc3)ccc2O1. The van der Waals surface area contributed by atoms with E-state index in [0.29, 0.717) is 35.7 Å². The molecule has 1 aromatic heterocycles. The number of pyridine rings is 1. The number of hydrogen-bond donors (Lipinski definition) is 3. The van der Waals surface area contributed by atoms with Crippen LogP contribution < -0.4 is 15.4 Å². The lowest BCUT2D eigenvalue weighted by Gasteiger charge is -2.35. The Labute approximate surface area is 275 Å². The van der Waals surface area contributed by atoms with E-state index >= 15 is 0 Å². The second-order valence-corrected chi connectivity index (χ2v) is 12.0. The smallest absolute Gasteiger partial charge is 0.321 e. The fraction of sp³-hybridized carbons (Fsp3) is 0.429. The van der Waals surface area contributed by atoms with Crippen LogP contribution in [0.2, 0.25) is 0 Å². The topological polar surface area (TPSA) is 133 Å². The highest BCUT2D eigenvalue weighted by atomic mass is 19.1. The Balaban J connectivity index is 1.59. The first-order valence-electron chi connectivity index (χ1n) is 15.9. The van der Waals surface area contributed by atoms with Crippen molar-refractivity contribution < 1.29 is 33.4 Å². The predicted molar refractivity (Wildman–Crippen MR) is 177 cm³/mol. The molecule has 252 valence electrons. The number of rotatable bonds is 7. The van der Waals surface area contributed by atoms with Crippen LogP contribution in [0.15, 0.2) is 67.0 Å². The number of aliphatic hydroxyl groups is 1. The fourth-order valence-corrected chi connectivity index (χ4v) is 5.27. The first-order chi connectivity index (χ1) is 22.5. The molecule has 1 aliphatic rings. The summed E-state index contributed by atoms with van der Waals surface area (Å²) >= 11 is 0. The molecule has 0 saturated carbocycles. The second kappa shape index (κ2) is 16.8. The lowest BCUT2D eigenvalue weighted by molar-refractivity contribution is -0.0115. The number of likely N-dealkylation sites (N-methyl/N-ethyl adjacent to an activating group) is 1. The molecule has 0 aliphatic carbocycles. The molecule has 12 heteroatoms. The number of nitrogens with one attached hydrogen (secondary N) is 2. The summed E-state index contributed by atoms with van der Waals surface area (Å²) in [4.78, 5) is 47.2. The minimum Gasteiger partial charge on any atom is -0.490 e. The number of ether oxygens (including phenoxy) is 2. The Morgan fingerprint density at radius 2 is 1.77 bits per heavy atom. The first-order valence-corrected chi connectivity index (χ1v) is 15.9. The maximum Gasteiger partial charge on any atom is 0.321 e. The molecule has 1 aliphatic heterocycles. The Morgan fingerprint density at radius 1 is 1.06 bits per heavy atom. The molecule has 2 heterocycles. The van der Waals surface area contributed by atoms with Crippen molar-refractivity contribution in [2.24, 2.45) is 5.92 Å². The quantitative estimate of drug-likeness (QED) is 0.311. The summed E-state index contributed by atoms with van der Waals surface area (Å²) in [6.07, 6.45) is 4.71. The minimum atomic E-state index is -0.557. The van der Waals surface area contributed by atoms with Crippen molar-refractivity contribution in [2.45, 2.75) is 58.3 Å². The summed E-state index contributed by atoms with van der Waals surface area (Å²) in [7, 11) is 1.65. The number of halogens is 1. The molecular formula is C35H44FN5O6. The van der Waals surface area contributed by atoms with Gasteiger partial charge in [-0.3, -0.25) is 14.6 Å². The van der Waals surface area contributed by atoms with Gasteiger partial charge in [-0.25, -0.2) is 9.18 Å². The van der Waals surface area contributed by atoms with E-state index < -0.39 is 18.0 Å². The molecule has 0 fully saturated rings. The first kappa shape index (κ1) is 35.3. The molecule has 4 atom stereocenters. The summed E-state index contributed by atoms with van der Waals surface area (Å²) in [6.45, 7) is 6.24. The van der Waals surface area contributed by atoms with Gasteiger partial charge in [0.05, 0.1) is 30.4 Å². The van der Waals surface area contributed by atoms with Crippen molar-refractivity contribution in [3.8, 4) is 5.75 Å². The van der Waals surface area contributed by atoms with Gasteiger partial charge >= 0.3 is 6.03 Å². The van der Waals surface area contributed by atoms with Gasteiger partial charge in [0.1, 0.15) is 11.6 Å². The highest BCUT2D eigenvalue weighted by Crippen LogP contribution is 2.29. The van der Waals surface area contributed by atoms with Crippen LogP contribution in [0.25, 0.3) is 0 Å². The van der Waals surface area contributed by atoms with E-state index in [1.54, 1.807) is 49.2 Å². The number of carbonyl (C=O) groups is 3. The average Bonchev–Trinajstić information content (AvgIpc) is 3.07. The number of benzene rings is 2. The molecule has 0 bridgehead atoms. The monoisotopic (exact) mass is 649 g/mol. The summed E-state index contributed by atoms with van der Waals surface area (Å²) < 4.78 is 25.9. The van der Waals surface area contributed by atoms with E-state index in [2.05, 4.69) is 15.6 Å². The van der Waals surface area contributed by atoms with Crippen molar-refractivity contribution >= 4 is 29.2 Å². The Bertz CT molecular complexity index is 1490. The van der Waals surface area contributed by atoms with E-state index in [1.807, 2.05) is 13.8 Å². The average molecular weight is 650 g/mol. The number of nitrogens with zero attached hydrogens (tertiary/aromatic N) is 3. The number of urea groups is 1. The number of carbonyl (C=O) groups excluding carboxylic acids is 3. The van der Waals surface area contributed by atoms with Crippen LogP contribution in [-0.2, 0) is 4.74 Å². The van der Waals surface area contributed by atoms with Crippen LogP contribution in [0.5, 0.6) is 5.75 Å². The maximum absolute atomic E-state index is 14.3. The molecule has 0 unspecified atom stereocenters. The zero-order valence-electron chi connectivity index (χ0n) is 27.3. The van der Waals surface area contributed by atoms with Crippen molar-refractivity contribution in [1.82, 2.24) is 14.8 Å². The van der Waals surface area contributed by atoms with Gasteiger partial charge in [0.15, 0.2) is 0 Å². The zero-order chi connectivity index (χ0) is 33.9. The van der Waals surface area contributed by atoms with Gasteiger partial charge in [0.2, 0.25) is 0 Å². The molecule has 11 nitrogen and oxygen atoms in total. The maximum atomic E-state index is 14.3. The van der Waals surface area contributed by atoms with Gasteiger partial charge in [-0.05, 0) is 87.7 Å². The fourth-order valence-electron chi connectivity index (χ4n) is 5.27. The van der Waals surface area contributed by atoms with Gasteiger partial charge in [-0.15, -0.1) is 0 Å². The number of aliphatic hydroxyl groups excluding tert-OH is 1. The molecule has 3 aromatic rings. The lowest BCUT2D eigenvalue weighted by atomic mass is 10.0. The highest BCUT2D eigenvalue weighted by molar-refractivity contribution is 6.05. The molecule has 2 aromatic carbocycles. The van der Waals surface area contributed by atoms with Gasteiger partial charge in [-0.2, -0.15) is 0 Å². The van der Waals surface area contributed by atoms with Crippen LogP contribution in [0.3, 0.4) is 0 Å². The van der Waals surface area contributed by atoms with E-state index in [-0.39, 0.29) is 55.1 Å². The van der Waals surface area contributed by atoms with Crippen LogP contribution in [-0.4, -0.2) is 89.3 Å². The second-order valence-electron chi connectivity index (χ2n) is 12.0. The lowest BCUT2D eigenvalue weighted by Crippen LogP contribution is -2.48. The third-order valence-corrected chi connectivity index (χ3v) is 8.15. The Hall–Kier alpha value is -4.55. The molecule has 0 saturated heterocycles. The summed E-state index contributed by atoms with van der Waals surface area (Å²) in [5.74, 6) is -0.997. The summed E-state index contributed by atoms with van der Waals surface area (Å²) in [6, 6.07) is 12.7. The Morgan fingerprint density at radius 3 is 2.47 bits per heavy atom. The van der Waals surface area contributed by atoms with Crippen molar-refractivity contribution in [1.29, 1.82) is 0 Å². The third kappa shape index (κ3) is 9.97. The van der Waals surface area contributed by atoms with E-state index in [9.17, 15) is 23.9 Å². The van der Waals surface area contributed by atoms with E-state index in [1.165, 1.54) is 41.6 Å². The van der Waals surface area contributed by atoms with Gasteiger partial charge in [0.25, 0.3) is 11.8 Å². The number of amides is 4. The number of aromatic nitrogens is 1.